The van der Waals surface area contributed by atoms with Crippen LogP contribution < -0.4 is 20.9 Å². The summed E-state index contributed by atoms with van der Waals surface area (Å²) in [5.41, 5.74) is 3.53. The Bertz CT molecular complexity index is 1670. The van der Waals surface area contributed by atoms with E-state index in [0.29, 0.717) is 58.7 Å². The van der Waals surface area contributed by atoms with Gasteiger partial charge < -0.3 is 30.9 Å². The minimum Gasteiger partial charge on any atom is -0.481 e. The van der Waals surface area contributed by atoms with Gasteiger partial charge in [0, 0.05) is 42.5 Å². The fourth-order valence-corrected chi connectivity index (χ4v) is 5.86. The molecule has 1 aromatic heterocycles. The Kier molecular flexibility index (Phi) is 10.0. The summed E-state index contributed by atoms with van der Waals surface area (Å²) in [7, 11) is 0. The van der Waals surface area contributed by atoms with Gasteiger partial charge in [-0.3, -0.25) is 14.4 Å². The first-order valence-corrected chi connectivity index (χ1v) is 15.6. The fraction of sp³-hybridized carbons (Fsp3) is 0.212. The zero-order valence-electron chi connectivity index (χ0n) is 24.5. The largest absolute Gasteiger partial charge is 0.481 e. The number of aliphatic carboxylic acids is 1. The molecule has 1 atom stereocenters. The van der Waals surface area contributed by atoms with Crippen molar-refractivity contribution in [1.29, 1.82) is 0 Å². The summed E-state index contributed by atoms with van der Waals surface area (Å²) in [6.45, 7) is 3.94. The normalized spacial score (nSPS) is 13.6. The van der Waals surface area contributed by atoms with E-state index >= 15 is 0 Å². The molecule has 3 aromatic carbocycles. The Morgan fingerprint density at radius 2 is 1.62 bits per heavy atom. The standard InChI is InChI=1S/C33H32ClN5O5S/c1-21-4-6-22(7-5-21)26(20-30(40)41)36-31(42)23-8-13-28(27(19-23)37-33(44)35-25-11-9-24(34)10-12-25)38-14-16-39(17-15-38)32(43)29-3-2-18-45-29/h2-13,18-19,26H,14-17,20H2,1H3,(H,36,42)(H,40,41)(H2,35,37,44). The molecule has 5 rings (SSSR count). The highest BCUT2D eigenvalue weighted by atomic mass is 35.5. The molecule has 0 aliphatic carbocycles. The first-order valence-electron chi connectivity index (χ1n) is 14.3. The van der Waals surface area contributed by atoms with Gasteiger partial charge in [-0.15, -0.1) is 11.3 Å². The number of aryl methyl sites for hydroxylation is 1. The van der Waals surface area contributed by atoms with Gasteiger partial charge in [-0.1, -0.05) is 47.5 Å². The lowest BCUT2D eigenvalue weighted by Gasteiger charge is -2.37. The molecule has 1 aliphatic heterocycles. The third kappa shape index (κ3) is 8.20. The number of hydrogen-bond acceptors (Lipinski definition) is 6. The number of rotatable bonds is 9. The fourth-order valence-electron chi connectivity index (χ4n) is 5.04. The number of carbonyl (C=O) groups is 4. The highest BCUT2D eigenvalue weighted by molar-refractivity contribution is 7.12. The monoisotopic (exact) mass is 645 g/mol. The second kappa shape index (κ2) is 14.3. The number of nitrogens with one attached hydrogen (secondary N) is 3. The summed E-state index contributed by atoms with van der Waals surface area (Å²) in [6, 6.07) is 21.3. The van der Waals surface area contributed by atoms with Crippen LogP contribution in [0.3, 0.4) is 0 Å². The third-order valence-electron chi connectivity index (χ3n) is 7.41. The first-order chi connectivity index (χ1) is 21.7. The van der Waals surface area contributed by atoms with Crippen LogP contribution in [0.4, 0.5) is 21.9 Å². The first kappa shape index (κ1) is 31.6. The Morgan fingerprint density at radius 1 is 0.911 bits per heavy atom. The Hall–Kier alpha value is -4.87. The van der Waals surface area contributed by atoms with E-state index in [2.05, 4.69) is 20.9 Å². The lowest BCUT2D eigenvalue weighted by molar-refractivity contribution is -0.137. The summed E-state index contributed by atoms with van der Waals surface area (Å²) in [5, 5.41) is 20.4. The maximum absolute atomic E-state index is 13.5. The average Bonchev–Trinajstić information content (AvgIpc) is 3.57. The SMILES string of the molecule is Cc1ccc(C(CC(=O)O)NC(=O)c2ccc(N3CCN(C(=O)c4cccs4)CC3)c(NC(=O)Nc3ccc(Cl)cc3)c2)cc1. The number of carboxylic acid groups (broad SMARTS) is 1. The smallest absolute Gasteiger partial charge is 0.323 e. The van der Waals surface area contributed by atoms with E-state index in [9.17, 15) is 24.3 Å². The van der Waals surface area contributed by atoms with Crippen LogP contribution in [0, 0.1) is 6.92 Å². The quantitative estimate of drug-likeness (QED) is 0.170. The Balaban J connectivity index is 1.37. The highest BCUT2D eigenvalue weighted by Gasteiger charge is 2.26. The summed E-state index contributed by atoms with van der Waals surface area (Å²) in [5.74, 6) is -1.54. The van der Waals surface area contributed by atoms with Crippen molar-refractivity contribution in [2.75, 3.05) is 41.7 Å². The second-order valence-corrected chi connectivity index (χ2v) is 12.0. The van der Waals surface area contributed by atoms with Crippen LogP contribution in [0.1, 0.15) is 43.6 Å². The van der Waals surface area contributed by atoms with Gasteiger partial charge in [-0.2, -0.15) is 0 Å². The molecule has 1 saturated heterocycles. The molecule has 2 heterocycles. The van der Waals surface area contributed by atoms with Gasteiger partial charge in [0.15, 0.2) is 0 Å². The molecular formula is C33H32ClN5O5S. The summed E-state index contributed by atoms with van der Waals surface area (Å²) < 4.78 is 0. The van der Waals surface area contributed by atoms with E-state index in [-0.39, 0.29) is 17.9 Å². The molecule has 1 unspecified atom stereocenters. The molecule has 232 valence electrons. The number of carbonyl (C=O) groups excluding carboxylic acids is 3. The van der Waals surface area contributed by atoms with Gasteiger partial charge in [-0.25, -0.2) is 4.79 Å². The van der Waals surface area contributed by atoms with Gasteiger partial charge in [-0.05, 0) is 66.4 Å². The lowest BCUT2D eigenvalue weighted by atomic mass is 10.0. The van der Waals surface area contributed by atoms with Crippen molar-refractivity contribution in [2.45, 2.75) is 19.4 Å². The van der Waals surface area contributed by atoms with Crippen molar-refractivity contribution < 1.29 is 24.3 Å². The maximum atomic E-state index is 13.5. The number of hydrogen-bond donors (Lipinski definition) is 4. The van der Waals surface area contributed by atoms with Crippen molar-refractivity contribution in [2.24, 2.45) is 0 Å². The van der Waals surface area contributed by atoms with Crippen molar-refractivity contribution in [3.05, 3.63) is 111 Å². The number of urea groups is 1. The summed E-state index contributed by atoms with van der Waals surface area (Å²) in [4.78, 5) is 55.6. The van der Waals surface area contributed by atoms with Crippen molar-refractivity contribution in [1.82, 2.24) is 10.2 Å². The van der Waals surface area contributed by atoms with Crippen molar-refractivity contribution in [3.8, 4) is 0 Å². The predicted molar refractivity (Wildman–Crippen MR) is 177 cm³/mol. The van der Waals surface area contributed by atoms with E-state index in [0.717, 1.165) is 5.56 Å². The van der Waals surface area contributed by atoms with E-state index in [1.165, 1.54) is 11.3 Å². The Morgan fingerprint density at radius 3 is 2.27 bits per heavy atom. The van der Waals surface area contributed by atoms with Crippen molar-refractivity contribution in [3.63, 3.8) is 0 Å². The summed E-state index contributed by atoms with van der Waals surface area (Å²) in [6.07, 6.45) is -0.296. The molecule has 4 aromatic rings. The molecule has 0 bridgehead atoms. The number of piperazine rings is 1. The molecule has 1 fully saturated rings. The number of benzene rings is 3. The minimum atomic E-state index is -1.05. The molecular weight excluding hydrogens is 614 g/mol. The van der Waals surface area contributed by atoms with Gasteiger partial charge in [0.1, 0.15) is 0 Å². The third-order valence-corrected chi connectivity index (χ3v) is 8.52. The Labute approximate surface area is 269 Å². The lowest BCUT2D eigenvalue weighted by Crippen LogP contribution is -2.48. The van der Waals surface area contributed by atoms with Crippen LogP contribution in [0.25, 0.3) is 0 Å². The number of halogens is 1. The molecule has 4 amide bonds. The second-order valence-electron chi connectivity index (χ2n) is 10.6. The van der Waals surface area contributed by atoms with E-state index in [4.69, 9.17) is 11.6 Å². The molecule has 0 saturated carbocycles. The van der Waals surface area contributed by atoms with E-state index in [1.54, 1.807) is 59.5 Å². The van der Waals surface area contributed by atoms with Crippen LogP contribution in [-0.4, -0.2) is 60.0 Å². The number of nitrogens with zero attached hydrogens (tertiary/aromatic N) is 2. The molecule has 0 radical (unpaired) electrons. The molecule has 10 nitrogen and oxygen atoms in total. The van der Waals surface area contributed by atoms with Crippen LogP contribution in [0.15, 0.2) is 84.2 Å². The van der Waals surface area contributed by atoms with Crippen LogP contribution in [0.5, 0.6) is 0 Å². The number of anilines is 3. The molecule has 0 spiro atoms. The predicted octanol–water partition coefficient (Wildman–Crippen LogP) is 6.26. The zero-order chi connectivity index (χ0) is 31.9. The summed E-state index contributed by atoms with van der Waals surface area (Å²) >= 11 is 7.38. The number of carboxylic acids is 1. The molecule has 12 heteroatoms. The van der Waals surface area contributed by atoms with E-state index in [1.807, 2.05) is 36.6 Å². The van der Waals surface area contributed by atoms with Crippen LogP contribution >= 0.6 is 22.9 Å². The average molecular weight is 646 g/mol. The molecule has 1 aliphatic rings. The van der Waals surface area contributed by atoms with Gasteiger partial charge in [0.05, 0.1) is 28.7 Å². The van der Waals surface area contributed by atoms with Crippen LogP contribution in [0.2, 0.25) is 5.02 Å². The topological polar surface area (TPSA) is 131 Å². The molecule has 45 heavy (non-hydrogen) atoms. The van der Waals surface area contributed by atoms with E-state index < -0.39 is 23.9 Å². The van der Waals surface area contributed by atoms with Gasteiger partial charge in [0.25, 0.3) is 11.8 Å². The number of amides is 4. The maximum Gasteiger partial charge on any atom is 0.323 e. The van der Waals surface area contributed by atoms with Crippen molar-refractivity contribution >= 4 is 63.8 Å². The van der Waals surface area contributed by atoms with Gasteiger partial charge in [0.2, 0.25) is 0 Å². The highest BCUT2D eigenvalue weighted by Crippen LogP contribution is 2.30. The minimum absolute atomic E-state index is 0.0122. The zero-order valence-corrected chi connectivity index (χ0v) is 26.0. The van der Waals surface area contributed by atoms with Crippen LogP contribution in [-0.2, 0) is 4.79 Å². The molecule has 4 N–H and O–H groups in total. The van der Waals surface area contributed by atoms with Gasteiger partial charge >= 0.3 is 12.0 Å². The number of thiophene rings is 1.